The van der Waals surface area contributed by atoms with E-state index in [0.717, 1.165) is 24.0 Å². The lowest BCUT2D eigenvalue weighted by Crippen LogP contribution is -2.46. The minimum Gasteiger partial charge on any atom is -0.357 e. The summed E-state index contributed by atoms with van der Waals surface area (Å²) in [6.45, 7) is 3.26. The predicted octanol–water partition coefficient (Wildman–Crippen LogP) is 2.36. The van der Waals surface area contributed by atoms with Crippen molar-refractivity contribution in [3.8, 4) is 0 Å². The topological polar surface area (TPSA) is 65.2 Å². The smallest absolute Gasteiger partial charge is 0.270 e. The molecule has 3 rings (SSSR count). The molecule has 0 bridgehead atoms. The number of amides is 2. The van der Waals surface area contributed by atoms with E-state index in [1.165, 1.54) is 0 Å². The summed E-state index contributed by atoms with van der Waals surface area (Å²) in [7, 11) is 0. The Hall–Kier alpha value is -2.56. The third-order valence-electron chi connectivity index (χ3n) is 4.34. The first kappa shape index (κ1) is 15.3. The first-order valence-electron chi connectivity index (χ1n) is 7.94. The highest BCUT2D eigenvalue weighted by atomic mass is 16.2. The summed E-state index contributed by atoms with van der Waals surface area (Å²) in [6.07, 6.45) is 3.32. The van der Waals surface area contributed by atoms with Gasteiger partial charge in [0.1, 0.15) is 5.69 Å². The first-order valence-corrected chi connectivity index (χ1v) is 7.94. The van der Waals surface area contributed by atoms with Gasteiger partial charge in [0.05, 0.1) is 0 Å². The van der Waals surface area contributed by atoms with Crippen LogP contribution in [-0.4, -0.2) is 40.8 Å². The summed E-state index contributed by atoms with van der Waals surface area (Å²) in [5, 5.41) is 3.09. The second-order valence-electron chi connectivity index (χ2n) is 5.94. The molecule has 5 nitrogen and oxygen atoms in total. The van der Waals surface area contributed by atoms with Crippen molar-refractivity contribution in [3.63, 3.8) is 0 Å². The van der Waals surface area contributed by atoms with Gasteiger partial charge in [-0.2, -0.15) is 0 Å². The lowest BCUT2D eigenvalue weighted by molar-refractivity contribution is 0.0693. The standard InChI is InChI=1S/C18H21N3O2/c1-13-5-2-3-6-15(13)17(22)20-14-8-11-21(12-9-14)18(23)16-7-4-10-19-16/h2-7,10,14,19H,8-9,11-12H2,1H3,(H,20,22). The van der Waals surface area contributed by atoms with Gasteiger partial charge in [0.15, 0.2) is 0 Å². The van der Waals surface area contributed by atoms with Crippen LogP contribution in [0.2, 0.25) is 0 Å². The Morgan fingerprint density at radius 1 is 1.13 bits per heavy atom. The van der Waals surface area contributed by atoms with Crippen molar-refractivity contribution in [1.82, 2.24) is 15.2 Å². The van der Waals surface area contributed by atoms with E-state index in [0.29, 0.717) is 18.8 Å². The Morgan fingerprint density at radius 2 is 1.87 bits per heavy atom. The molecule has 1 aliphatic heterocycles. The highest BCUT2D eigenvalue weighted by Crippen LogP contribution is 2.15. The fraction of sp³-hybridized carbons (Fsp3) is 0.333. The number of hydrogen-bond donors (Lipinski definition) is 2. The SMILES string of the molecule is Cc1ccccc1C(=O)NC1CCN(C(=O)c2ccc[nH]2)CC1. The predicted molar refractivity (Wildman–Crippen MR) is 88.4 cm³/mol. The van der Waals surface area contributed by atoms with E-state index in [4.69, 9.17) is 0 Å². The van der Waals surface area contributed by atoms with Crippen LogP contribution in [0.1, 0.15) is 39.3 Å². The van der Waals surface area contributed by atoms with Gasteiger partial charge < -0.3 is 15.2 Å². The molecule has 1 aromatic carbocycles. The molecule has 0 saturated carbocycles. The average molecular weight is 311 g/mol. The maximum Gasteiger partial charge on any atom is 0.270 e. The van der Waals surface area contributed by atoms with Gasteiger partial charge in [-0.3, -0.25) is 9.59 Å². The van der Waals surface area contributed by atoms with Crippen LogP contribution < -0.4 is 5.32 Å². The van der Waals surface area contributed by atoms with Crippen LogP contribution in [-0.2, 0) is 0 Å². The normalized spacial score (nSPS) is 15.4. The van der Waals surface area contributed by atoms with Crippen LogP contribution in [0, 0.1) is 6.92 Å². The number of H-pyrrole nitrogens is 1. The van der Waals surface area contributed by atoms with Crippen molar-refractivity contribution >= 4 is 11.8 Å². The zero-order valence-corrected chi connectivity index (χ0v) is 13.2. The number of aromatic amines is 1. The molecule has 2 heterocycles. The van der Waals surface area contributed by atoms with Gasteiger partial charge >= 0.3 is 0 Å². The molecule has 0 spiro atoms. The Labute approximate surface area is 135 Å². The zero-order valence-electron chi connectivity index (χ0n) is 13.2. The lowest BCUT2D eigenvalue weighted by Gasteiger charge is -2.32. The molecule has 23 heavy (non-hydrogen) atoms. The quantitative estimate of drug-likeness (QED) is 0.914. The van der Waals surface area contributed by atoms with Gasteiger partial charge in [0.2, 0.25) is 0 Å². The number of hydrogen-bond acceptors (Lipinski definition) is 2. The summed E-state index contributed by atoms with van der Waals surface area (Å²) in [5.41, 5.74) is 2.31. The number of nitrogens with zero attached hydrogens (tertiary/aromatic N) is 1. The molecule has 2 amide bonds. The van der Waals surface area contributed by atoms with Gasteiger partial charge in [-0.1, -0.05) is 18.2 Å². The third kappa shape index (κ3) is 3.44. The van der Waals surface area contributed by atoms with Gasteiger partial charge in [0.25, 0.3) is 11.8 Å². The van der Waals surface area contributed by atoms with E-state index < -0.39 is 0 Å². The summed E-state index contributed by atoms with van der Waals surface area (Å²) in [4.78, 5) is 29.4. The lowest BCUT2D eigenvalue weighted by atomic mass is 10.0. The van der Waals surface area contributed by atoms with Gasteiger partial charge in [0, 0.05) is 30.9 Å². The van der Waals surface area contributed by atoms with E-state index in [1.807, 2.05) is 42.2 Å². The monoisotopic (exact) mass is 311 g/mol. The fourth-order valence-electron chi connectivity index (χ4n) is 2.95. The number of piperidine rings is 1. The second-order valence-corrected chi connectivity index (χ2v) is 5.94. The molecule has 0 atom stereocenters. The largest absolute Gasteiger partial charge is 0.357 e. The molecule has 2 aromatic rings. The van der Waals surface area contributed by atoms with Gasteiger partial charge in [-0.05, 0) is 43.5 Å². The Morgan fingerprint density at radius 3 is 2.52 bits per heavy atom. The molecule has 120 valence electrons. The Bertz CT molecular complexity index is 686. The molecular weight excluding hydrogens is 290 g/mol. The van der Waals surface area contributed by atoms with Crippen molar-refractivity contribution in [2.45, 2.75) is 25.8 Å². The maximum absolute atomic E-state index is 12.3. The summed E-state index contributed by atoms with van der Waals surface area (Å²) >= 11 is 0. The fourth-order valence-corrected chi connectivity index (χ4v) is 2.95. The number of carbonyl (C=O) groups excluding carboxylic acids is 2. The highest BCUT2D eigenvalue weighted by molar-refractivity contribution is 5.96. The van der Waals surface area contributed by atoms with E-state index in [9.17, 15) is 9.59 Å². The third-order valence-corrected chi connectivity index (χ3v) is 4.34. The van der Waals surface area contributed by atoms with Crippen molar-refractivity contribution in [2.24, 2.45) is 0 Å². The highest BCUT2D eigenvalue weighted by Gasteiger charge is 2.25. The molecule has 2 N–H and O–H groups in total. The molecule has 5 heteroatoms. The van der Waals surface area contributed by atoms with Crippen LogP contribution >= 0.6 is 0 Å². The van der Waals surface area contributed by atoms with Gasteiger partial charge in [-0.25, -0.2) is 0 Å². The van der Waals surface area contributed by atoms with E-state index in [1.54, 1.807) is 12.3 Å². The zero-order chi connectivity index (χ0) is 16.2. The number of aryl methyl sites for hydroxylation is 1. The van der Waals surface area contributed by atoms with Crippen LogP contribution in [0.25, 0.3) is 0 Å². The summed E-state index contributed by atoms with van der Waals surface area (Å²) in [6, 6.07) is 11.3. The average Bonchev–Trinajstić information content (AvgIpc) is 3.09. The first-order chi connectivity index (χ1) is 11.1. The summed E-state index contributed by atoms with van der Waals surface area (Å²) < 4.78 is 0. The molecule has 1 fully saturated rings. The van der Waals surface area contributed by atoms with E-state index in [2.05, 4.69) is 10.3 Å². The summed E-state index contributed by atoms with van der Waals surface area (Å²) in [5.74, 6) is -0.00377. The number of rotatable bonds is 3. The molecule has 0 unspecified atom stereocenters. The van der Waals surface area contributed by atoms with Crippen LogP contribution in [0.15, 0.2) is 42.6 Å². The molecule has 0 aliphatic carbocycles. The minimum absolute atomic E-state index is 0.0266. The molecule has 1 saturated heterocycles. The number of likely N-dealkylation sites (tertiary alicyclic amines) is 1. The maximum atomic E-state index is 12.3. The van der Waals surface area contributed by atoms with Crippen molar-refractivity contribution in [2.75, 3.05) is 13.1 Å². The Kier molecular flexibility index (Phi) is 4.46. The van der Waals surface area contributed by atoms with Gasteiger partial charge in [-0.15, -0.1) is 0 Å². The van der Waals surface area contributed by atoms with Crippen LogP contribution in [0.5, 0.6) is 0 Å². The van der Waals surface area contributed by atoms with Crippen molar-refractivity contribution in [3.05, 3.63) is 59.4 Å². The van der Waals surface area contributed by atoms with E-state index >= 15 is 0 Å². The molecular formula is C18H21N3O2. The minimum atomic E-state index is -0.0303. The van der Waals surface area contributed by atoms with E-state index in [-0.39, 0.29) is 17.9 Å². The number of nitrogens with one attached hydrogen (secondary N) is 2. The van der Waals surface area contributed by atoms with Crippen LogP contribution in [0.3, 0.4) is 0 Å². The molecule has 0 radical (unpaired) electrons. The molecule has 1 aliphatic rings. The van der Waals surface area contributed by atoms with Crippen molar-refractivity contribution < 1.29 is 9.59 Å². The van der Waals surface area contributed by atoms with Crippen molar-refractivity contribution in [1.29, 1.82) is 0 Å². The number of carbonyl (C=O) groups is 2. The Balaban J connectivity index is 1.54. The molecule has 1 aromatic heterocycles. The number of benzene rings is 1. The number of aromatic nitrogens is 1. The van der Waals surface area contributed by atoms with Crippen LogP contribution in [0.4, 0.5) is 0 Å². The second kappa shape index (κ2) is 6.69.